The number of alkyl halides is 2. The van der Waals surface area contributed by atoms with Crippen molar-refractivity contribution < 1.29 is 32.6 Å². The molecule has 1 aliphatic rings. The van der Waals surface area contributed by atoms with Crippen molar-refractivity contribution in [1.82, 2.24) is 25.2 Å². The Kier molecular flexibility index (Phi) is 10.5. The highest BCUT2D eigenvalue weighted by molar-refractivity contribution is 5.93. The number of aromatic nitrogens is 5. The molecule has 3 heterocycles. The van der Waals surface area contributed by atoms with Crippen LogP contribution >= 0.6 is 0 Å². The third-order valence-corrected chi connectivity index (χ3v) is 9.47. The van der Waals surface area contributed by atoms with E-state index >= 15 is 8.78 Å². The van der Waals surface area contributed by atoms with E-state index in [2.05, 4.69) is 35.6 Å². The lowest BCUT2D eigenvalue weighted by Crippen LogP contribution is -2.48. The minimum Gasteiger partial charge on any atom is -0.393 e. The van der Waals surface area contributed by atoms with E-state index in [0.29, 0.717) is 23.7 Å². The Morgan fingerprint density at radius 2 is 1.52 bits per heavy atom. The number of tetrazole rings is 1. The second-order valence-corrected chi connectivity index (χ2v) is 12.8. The molecule has 15 heteroatoms. The van der Waals surface area contributed by atoms with Crippen LogP contribution in [0.2, 0.25) is 0 Å². The monoisotopic (exact) mass is 718 g/mol. The average molecular weight is 719 g/mol. The number of anilines is 3. The highest BCUT2D eigenvalue weighted by atomic mass is 19.3. The maximum Gasteiger partial charge on any atom is 0.323 e. The third-order valence-electron chi connectivity index (χ3n) is 9.47. The molecule has 2 aromatic heterocycles. The molecule has 0 bridgehead atoms. The molecule has 0 aliphatic carbocycles. The fourth-order valence-corrected chi connectivity index (χ4v) is 6.45. The standard InChI is InChI=1S/C37H38F4N8O3/c1-3-31(24(2)50)35(51)44-28-8-12-30(13-9-28)48-18-16-47(17-19-48)29-10-4-25(5-11-29)26-6-15-34(42-21-26)37(40,41)36(52,22-49-23-43-45-46-49)32-14-7-27(38)20-33(32)39/h4-15,20-21,23-24,31,50,52H,3,16-19,22H2,1-2H3,(H,44,51)/t24?,31?,36-/m0/s1. The van der Waals surface area contributed by atoms with Crippen LogP contribution in [0.5, 0.6) is 0 Å². The zero-order valence-corrected chi connectivity index (χ0v) is 28.5. The summed E-state index contributed by atoms with van der Waals surface area (Å²) in [5, 5.41) is 34.5. The van der Waals surface area contributed by atoms with Crippen molar-refractivity contribution in [1.29, 1.82) is 0 Å². The Balaban J connectivity index is 1.10. The van der Waals surface area contributed by atoms with Crippen molar-refractivity contribution in [2.45, 2.75) is 44.4 Å². The van der Waals surface area contributed by atoms with Gasteiger partial charge in [-0.25, -0.2) is 13.5 Å². The first-order chi connectivity index (χ1) is 24.9. The largest absolute Gasteiger partial charge is 0.393 e. The van der Waals surface area contributed by atoms with Gasteiger partial charge < -0.3 is 25.3 Å². The summed E-state index contributed by atoms with van der Waals surface area (Å²) in [5.41, 5.74) is -0.912. The number of piperazine rings is 1. The zero-order chi connectivity index (χ0) is 37.0. The summed E-state index contributed by atoms with van der Waals surface area (Å²) in [6.07, 6.45) is 2.07. The smallest absolute Gasteiger partial charge is 0.323 e. The van der Waals surface area contributed by atoms with Gasteiger partial charge in [0.1, 0.15) is 23.7 Å². The maximum absolute atomic E-state index is 16.1. The van der Waals surface area contributed by atoms with Gasteiger partial charge in [0.2, 0.25) is 5.91 Å². The van der Waals surface area contributed by atoms with Crippen LogP contribution in [0.1, 0.15) is 31.5 Å². The normalized spacial score (nSPS) is 15.9. The Labute approximate surface area is 297 Å². The third kappa shape index (κ3) is 7.46. The second-order valence-electron chi connectivity index (χ2n) is 12.8. The van der Waals surface area contributed by atoms with Crippen molar-refractivity contribution in [2.24, 2.45) is 5.92 Å². The van der Waals surface area contributed by atoms with E-state index in [1.807, 2.05) is 55.5 Å². The number of carbonyl (C=O) groups is 1. The van der Waals surface area contributed by atoms with E-state index in [0.717, 1.165) is 72.3 Å². The van der Waals surface area contributed by atoms with Crippen LogP contribution < -0.4 is 15.1 Å². The molecule has 3 aromatic carbocycles. The summed E-state index contributed by atoms with van der Waals surface area (Å²) < 4.78 is 61.6. The summed E-state index contributed by atoms with van der Waals surface area (Å²) in [5.74, 6) is -7.18. The Hall–Kier alpha value is -5.41. The topological polar surface area (TPSA) is 133 Å². The molecule has 11 nitrogen and oxygen atoms in total. The highest BCUT2D eigenvalue weighted by Crippen LogP contribution is 2.47. The van der Waals surface area contributed by atoms with E-state index in [9.17, 15) is 23.8 Å². The first-order valence-corrected chi connectivity index (χ1v) is 16.8. The molecule has 52 heavy (non-hydrogen) atoms. The van der Waals surface area contributed by atoms with Gasteiger partial charge in [-0.1, -0.05) is 25.1 Å². The van der Waals surface area contributed by atoms with E-state index in [4.69, 9.17) is 0 Å². The molecule has 0 spiro atoms. The fourth-order valence-electron chi connectivity index (χ4n) is 6.45. The Bertz CT molecular complexity index is 1960. The number of carbonyl (C=O) groups excluding carboxylic acids is 1. The van der Waals surface area contributed by atoms with E-state index in [-0.39, 0.29) is 5.91 Å². The summed E-state index contributed by atoms with van der Waals surface area (Å²) in [4.78, 5) is 21.0. The molecule has 3 N–H and O–H groups in total. The highest BCUT2D eigenvalue weighted by Gasteiger charge is 2.58. The van der Waals surface area contributed by atoms with Crippen LogP contribution in [-0.4, -0.2) is 73.6 Å². The number of aliphatic hydroxyl groups excluding tert-OH is 1. The number of hydrogen-bond acceptors (Lipinski definition) is 9. The van der Waals surface area contributed by atoms with Crippen molar-refractivity contribution in [2.75, 3.05) is 41.3 Å². The molecule has 5 aromatic rings. The van der Waals surface area contributed by atoms with Gasteiger partial charge >= 0.3 is 5.92 Å². The molecule has 272 valence electrons. The van der Waals surface area contributed by atoms with Crippen LogP contribution in [-0.2, 0) is 22.9 Å². The molecule has 1 amide bonds. The van der Waals surface area contributed by atoms with Gasteiger partial charge in [-0.2, -0.15) is 8.78 Å². The van der Waals surface area contributed by atoms with Crippen LogP contribution in [0.4, 0.5) is 34.6 Å². The number of benzene rings is 3. The minimum atomic E-state index is -4.16. The van der Waals surface area contributed by atoms with Gasteiger partial charge in [-0.3, -0.25) is 9.78 Å². The lowest BCUT2D eigenvalue weighted by Gasteiger charge is -2.37. The molecular formula is C37H38F4N8O3. The summed E-state index contributed by atoms with van der Waals surface area (Å²) in [6.45, 7) is 5.61. The first kappa shape index (κ1) is 36.4. The van der Waals surface area contributed by atoms with Crippen LogP contribution in [0.25, 0.3) is 11.1 Å². The average Bonchev–Trinajstić information content (AvgIpc) is 3.65. The van der Waals surface area contributed by atoms with E-state index in [1.165, 1.54) is 12.3 Å². The van der Waals surface area contributed by atoms with Gasteiger partial charge in [-0.05, 0) is 83.9 Å². The number of rotatable bonds is 12. The number of nitrogens with one attached hydrogen (secondary N) is 1. The summed E-state index contributed by atoms with van der Waals surface area (Å²) in [6, 6.07) is 19.8. The quantitative estimate of drug-likeness (QED) is 0.146. The molecular weight excluding hydrogens is 680 g/mol. The van der Waals surface area contributed by atoms with Gasteiger partial charge in [0.15, 0.2) is 5.60 Å². The molecule has 1 saturated heterocycles. The van der Waals surface area contributed by atoms with Crippen molar-refractivity contribution in [3.63, 3.8) is 0 Å². The molecule has 1 fully saturated rings. The van der Waals surface area contributed by atoms with Crippen LogP contribution in [0.3, 0.4) is 0 Å². The first-order valence-electron chi connectivity index (χ1n) is 16.8. The SMILES string of the molecule is CCC(C(=O)Nc1ccc(N2CCN(c3ccc(-c4ccc(C(F)(F)[C@](O)(Cn5cnnn5)c5ccc(F)cc5F)nc4)cc3)CC2)cc1)C(C)O. The lowest BCUT2D eigenvalue weighted by molar-refractivity contribution is -0.207. The number of nitrogens with zero attached hydrogens (tertiary/aromatic N) is 7. The lowest BCUT2D eigenvalue weighted by atomic mass is 9.84. The molecule has 2 unspecified atom stereocenters. The molecule has 0 radical (unpaired) electrons. The number of pyridine rings is 1. The molecule has 0 saturated carbocycles. The predicted octanol–water partition coefficient (Wildman–Crippen LogP) is 5.37. The van der Waals surface area contributed by atoms with Crippen molar-refractivity contribution in [3.8, 4) is 11.1 Å². The number of hydrogen-bond donors (Lipinski definition) is 3. The number of aliphatic hydroxyl groups is 2. The van der Waals surface area contributed by atoms with Gasteiger partial charge in [0, 0.05) is 66.6 Å². The maximum atomic E-state index is 16.1. The minimum absolute atomic E-state index is 0.206. The fraction of sp³-hybridized carbons (Fsp3) is 0.324. The zero-order valence-electron chi connectivity index (χ0n) is 28.5. The molecule has 1 aliphatic heterocycles. The summed E-state index contributed by atoms with van der Waals surface area (Å²) in [7, 11) is 0. The predicted molar refractivity (Wildman–Crippen MR) is 187 cm³/mol. The van der Waals surface area contributed by atoms with Crippen LogP contribution in [0.15, 0.2) is 91.4 Å². The van der Waals surface area contributed by atoms with Crippen molar-refractivity contribution in [3.05, 3.63) is 114 Å². The number of amides is 1. The Morgan fingerprint density at radius 3 is 2.04 bits per heavy atom. The van der Waals surface area contributed by atoms with Crippen LogP contribution in [0, 0.1) is 17.6 Å². The van der Waals surface area contributed by atoms with E-state index < -0.39 is 53.0 Å². The van der Waals surface area contributed by atoms with Gasteiger partial charge in [0.25, 0.3) is 0 Å². The van der Waals surface area contributed by atoms with E-state index in [1.54, 1.807) is 6.92 Å². The van der Waals surface area contributed by atoms with Crippen molar-refractivity contribution >= 4 is 23.0 Å². The second kappa shape index (κ2) is 15.1. The van der Waals surface area contributed by atoms with Gasteiger partial charge in [-0.15, -0.1) is 5.10 Å². The Morgan fingerprint density at radius 1 is 0.904 bits per heavy atom. The summed E-state index contributed by atoms with van der Waals surface area (Å²) >= 11 is 0. The van der Waals surface area contributed by atoms with Gasteiger partial charge in [0.05, 0.1) is 18.6 Å². The molecule has 6 rings (SSSR count). The molecule has 3 atom stereocenters. The number of halogens is 4.